The Morgan fingerprint density at radius 2 is 2.30 bits per heavy atom. The molecule has 0 bridgehead atoms. The summed E-state index contributed by atoms with van der Waals surface area (Å²) >= 11 is 0. The van der Waals surface area contributed by atoms with Gasteiger partial charge >= 0.3 is 0 Å². The largest absolute Gasteiger partial charge is 0.497 e. The summed E-state index contributed by atoms with van der Waals surface area (Å²) in [7, 11) is 1.67. The monoisotopic (exact) mass is 273 g/mol. The maximum atomic E-state index is 6.30. The topological polar surface area (TPSA) is 69.2 Å². The molecule has 1 aromatic carbocycles. The average molecular weight is 273 g/mol. The molecule has 1 aliphatic rings. The molecular formula is C14H19N5O. The molecule has 1 aromatic heterocycles. The summed E-state index contributed by atoms with van der Waals surface area (Å²) < 4.78 is 7.33. The summed E-state index contributed by atoms with van der Waals surface area (Å²) in [5.74, 6) is 1.85. The van der Waals surface area contributed by atoms with E-state index < -0.39 is 0 Å². The Morgan fingerprint density at radius 1 is 1.40 bits per heavy atom. The van der Waals surface area contributed by atoms with Crippen LogP contribution in [-0.2, 0) is 13.1 Å². The highest BCUT2D eigenvalue weighted by Gasteiger charge is 2.20. The van der Waals surface area contributed by atoms with Crippen LogP contribution >= 0.6 is 0 Å². The van der Waals surface area contributed by atoms with Crippen molar-refractivity contribution < 1.29 is 4.74 Å². The Labute approximate surface area is 118 Å². The molecule has 6 heteroatoms. The third-order valence-corrected chi connectivity index (χ3v) is 3.69. The van der Waals surface area contributed by atoms with E-state index in [9.17, 15) is 0 Å². The second-order valence-corrected chi connectivity index (χ2v) is 5.06. The van der Waals surface area contributed by atoms with Gasteiger partial charge in [0, 0.05) is 25.7 Å². The van der Waals surface area contributed by atoms with Crippen LogP contribution in [0.3, 0.4) is 0 Å². The highest BCUT2D eigenvalue weighted by molar-refractivity contribution is 5.30. The van der Waals surface area contributed by atoms with E-state index in [2.05, 4.69) is 19.7 Å². The van der Waals surface area contributed by atoms with Crippen LogP contribution in [0.5, 0.6) is 5.75 Å². The minimum atomic E-state index is -0.0282. The van der Waals surface area contributed by atoms with Gasteiger partial charge in [0.2, 0.25) is 0 Å². The Bertz CT molecular complexity index is 582. The van der Waals surface area contributed by atoms with Gasteiger partial charge in [-0.2, -0.15) is 0 Å². The average Bonchev–Trinajstić information content (AvgIpc) is 2.95. The Balaban J connectivity index is 1.66. The number of benzene rings is 1. The number of ether oxygens (including phenoxy) is 1. The molecule has 20 heavy (non-hydrogen) atoms. The van der Waals surface area contributed by atoms with Crippen LogP contribution in [0.2, 0.25) is 0 Å². The molecule has 3 rings (SSSR count). The fourth-order valence-corrected chi connectivity index (χ4v) is 2.53. The van der Waals surface area contributed by atoms with Gasteiger partial charge in [-0.25, -0.2) is 0 Å². The Morgan fingerprint density at radius 3 is 3.15 bits per heavy atom. The minimum absolute atomic E-state index is 0.0282. The van der Waals surface area contributed by atoms with Crippen molar-refractivity contribution in [3.05, 3.63) is 42.0 Å². The molecule has 1 atom stereocenters. The molecule has 1 aliphatic heterocycles. The van der Waals surface area contributed by atoms with Gasteiger partial charge in [-0.1, -0.05) is 12.1 Å². The third-order valence-electron chi connectivity index (χ3n) is 3.69. The summed E-state index contributed by atoms with van der Waals surface area (Å²) in [5, 5.41) is 8.06. The number of nitrogens with zero attached hydrogens (tertiary/aromatic N) is 4. The fraction of sp³-hybridized carbons (Fsp3) is 0.429. The second-order valence-electron chi connectivity index (χ2n) is 5.06. The molecule has 1 unspecified atom stereocenters. The van der Waals surface area contributed by atoms with Gasteiger partial charge in [-0.3, -0.25) is 4.90 Å². The fourth-order valence-electron chi connectivity index (χ4n) is 2.53. The normalized spacial score (nSPS) is 16.7. The number of rotatable bonds is 4. The van der Waals surface area contributed by atoms with Gasteiger partial charge < -0.3 is 15.0 Å². The van der Waals surface area contributed by atoms with Gasteiger partial charge in [-0.05, 0) is 17.7 Å². The van der Waals surface area contributed by atoms with Crippen LogP contribution in [-0.4, -0.2) is 39.9 Å². The first-order valence-electron chi connectivity index (χ1n) is 6.75. The number of aromatic nitrogens is 3. The standard InChI is InChI=1S/C14H19N5O/c1-20-12-4-2-3-11(7-12)13(15)8-18-5-6-19-10-16-17-14(19)9-18/h2-4,7,10,13H,5-6,8-9,15H2,1H3. The van der Waals surface area contributed by atoms with E-state index in [0.29, 0.717) is 0 Å². The molecule has 0 saturated heterocycles. The number of hydrogen-bond donors (Lipinski definition) is 1. The maximum Gasteiger partial charge on any atom is 0.147 e. The van der Waals surface area contributed by atoms with Gasteiger partial charge in [0.1, 0.15) is 17.9 Å². The van der Waals surface area contributed by atoms with E-state index >= 15 is 0 Å². The first-order chi connectivity index (χ1) is 9.76. The molecular weight excluding hydrogens is 254 g/mol. The van der Waals surface area contributed by atoms with Crippen molar-refractivity contribution in [3.63, 3.8) is 0 Å². The maximum absolute atomic E-state index is 6.30. The predicted molar refractivity (Wildman–Crippen MR) is 75.2 cm³/mol. The summed E-state index contributed by atoms with van der Waals surface area (Å²) in [6.07, 6.45) is 1.79. The zero-order valence-corrected chi connectivity index (χ0v) is 11.6. The van der Waals surface area contributed by atoms with E-state index in [1.807, 2.05) is 24.3 Å². The van der Waals surface area contributed by atoms with Gasteiger partial charge in [0.25, 0.3) is 0 Å². The lowest BCUT2D eigenvalue weighted by atomic mass is 10.1. The van der Waals surface area contributed by atoms with Crippen LogP contribution in [0, 0.1) is 0 Å². The molecule has 0 radical (unpaired) electrons. The number of fused-ring (bicyclic) bond motifs is 1. The molecule has 0 spiro atoms. The summed E-state index contributed by atoms with van der Waals surface area (Å²) in [6.45, 7) is 3.51. The molecule has 0 aliphatic carbocycles. The molecule has 0 amide bonds. The van der Waals surface area contributed by atoms with Crippen molar-refractivity contribution >= 4 is 0 Å². The Kier molecular flexibility index (Phi) is 3.66. The first-order valence-corrected chi connectivity index (χ1v) is 6.75. The first kappa shape index (κ1) is 13.1. The molecule has 0 saturated carbocycles. The number of hydrogen-bond acceptors (Lipinski definition) is 5. The summed E-state index contributed by atoms with van der Waals surface area (Å²) in [4.78, 5) is 2.31. The van der Waals surface area contributed by atoms with Crippen LogP contribution in [0.25, 0.3) is 0 Å². The molecule has 2 N–H and O–H groups in total. The molecule has 2 heterocycles. The van der Waals surface area contributed by atoms with E-state index in [1.54, 1.807) is 13.4 Å². The number of methoxy groups -OCH3 is 1. The van der Waals surface area contributed by atoms with E-state index in [1.165, 1.54) is 0 Å². The molecule has 106 valence electrons. The van der Waals surface area contributed by atoms with Crippen molar-refractivity contribution in [3.8, 4) is 5.75 Å². The van der Waals surface area contributed by atoms with Crippen molar-refractivity contribution in [2.75, 3.05) is 20.2 Å². The lowest BCUT2D eigenvalue weighted by Gasteiger charge is -2.29. The minimum Gasteiger partial charge on any atom is -0.497 e. The van der Waals surface area contributed by atoms with Crippen molar-refractivity contribution in [2.24, 2.45) is 5.73 Å². The SMILES string of the molecule is COc1cccc(C(N)CN2CCn3cnnc3C2)c1. The summed E-state index contributed by atoms with van der Waals surface area (Å²) in [5.41, 5.74) is 7.40. The molecule has 2 aromatic rings. The van der Waals surface area contributed by atoms with Crippen molar-refractivity contribution in [2.45, 2.75) is 19.1 Å². The lowest BCUT2D eigenvalue weighted by Crippen LogP contribution is -2.38. The lowest BCUT2D eigenvalue weighted by molar-refractivity contribution is 0.205. The van der Waals surface area contributed by atoms with Gasteiger partial charge in [0.15, 0.2) is 0 Å². The quantitative estimate of drug-likeness (QED) is 0.892. The van der Waals surface area contributed by atoms with E-state index in [0.717, 1.165) is 43.3 Å². The van der Waals surface area contributed by atoms with Crippen LogP contribution in [0.15, 0.2) is 30.6 Å². The van der Waals surface area contributed by atoms with Gasteiger partial charge in [-0.15, -0.1) is 10.2 Å². The molecule has 6 nitrogen and oxygen atoms in total. The van der Waals surface area contributed by atoms with Gasteiger partial charge in [0.05, 0.1) is 13.7 Å². The second kappa shape index (κ2) is 5.60. The van der Waals surface area contributed by atoms with Crippen LogP contribution in [0.1, 0.15) is 17.4 Å². The van der Waals surface area contributed by atoms with E-state index in [-0.39, 0.29) is 6.04 Å². The van der Waals surface area contributed by atoms with Crippen molar-refractivity contribution in [1.82, 2.24) is 19.7 Å². The van der Waals surface area contributed by atoms with E-state index in [4.69, 9.17) is 10.5 Å². The van der Waals surface area contributed by atoms with Crippen molar-refractivity contribution in [1.29, 1.82) is 0 Å². The summed E-state index contributed by atoms with van der Waals surface area (Å²) in [6, 6.07) is 7.91. The zero-order chi connectivity index (χ0) is 13.9. The van der Waals surface area contributed by atoms with Crippen LogP contribution < -0.4 is 10.5 Å². The highest BCUT2D eigenvalue weighted by atomic mass is 16.5. The Hall–Kier alpha value is -1.92. The highest BCUT2D eigenvalue weighted by Crippen LogP contribution is 2.19. The molecule has 0 fully saturated rings. The predicted octanol–water partition coefficient (Wildman–Crippen LogP) is 0.802. The zero-order valence-electron chi connectivity index (χ0n) is 11.6. The number of nitrogens with two attached hydrogens (primary N) is 1. The third kappa shape index (κ3) is 2.66. The smallest absolute Gasteiger partial charge is 0.147 e. The van der Waals surface area contributed by atoms with Crippen LogP contribution in [0.4, 0.5) is 0 Å².